The van der Waals surface area contributed by atoms with E-state index >= 15 is 0 Å². The van der Waals surface area contributed by atoms with Crippen LogP contribution in [0.1, 0.15) is 26.2 Å². The molecule has 94 valence electrons. The number of guanidine groups is 1. The van der Waals surface area contributed by atoms with Crippen LogP contribution in [0.5, 0.6) is 0 Å². The highest BCUT2D eigenvalue weighted by Crippen LogP contribution is 1.99. The maximum atomic E-state index is 11.5. The van der Waals surface area contributed by atoms with E-state index in [-0.39, 0.29) is 11.8 Å². The second kappa shape index (κ2) is 9.15. The van der Waals surface area contributed by atoms with E-state index in [1.165, 1.54) is 0 Å². The molecule has 0 aromatic carbocycles. The Balaban J connectivity index is 3.75. The third kappa shape index (κ3) is 5.70. The van der Waals surface area contributed by atoms with Gasteiger partial charge < -0.3 is 16.0 Å². The molecule has 0 aliphatic rings. The predicted molar refractivity (Wildman–Crippen MR) is 67.8 cm³/mol. The Morgan fingerprint density at radius 1 is 1.38 bits per heavy atom. The minimum absolute atomic E-state index is 0.0107. The maximum absolute atomic E-state index is 11.5. The summed E-state index contributed by atoms with van der Waals surface area (Å²) in [5, 5.41) is 9.15. The minimum atomic E-state index is -0.0107. The average molecular weight is 228 g/mol. The lowest BCUT2D eigenvalue weighted by molar-refractivity contribution is -0.120. The standard InChI is InChI=1S/C11H24N4O/c1-5-10(16)9(12-2)7-6-8-15-11(13-3)14-4/h9,12H,5-8H2,1-4H3,(H2,13,14,15). The van der Waals surface area contributed by atoms with Crippen LogP contribution in [0, 0.1) is 0 Å². The van der Waals surface area contributed by atoms with Crippen molar-refractivity contribution < 1.29 is 4.79 Å². The number of nitrogens with zero attached hydrogens (tertiary/aromatic N) is 1. The summed E-state index contributed by atoms with van der Waals surface area (Å²) >= 11 is 0. The molecule has 5 nitrogen and oxygen atoms in total. The number of rotatable bonds is 7. The Kier molecular flexibility index (Phi) is 8.52. The largest absolute Gasteiger partial charge is 0.359 e. The summed E-state index contributed by atoms with van der Waals surface area (Å²) in [5.41, 5.74) is 0. The Morgan fingerprint density at radius 3 is 2.50 bits per heavy atom. The highest BCUT2D eigenvalue weighted by Gasteiger charge is 2.13. The number of carbonyl (C=O) groups is 1. The topological polar surface area (TPSA) is 65.5 Å². The van der Waals surface area contributed by atoms with Crippen LogP contribution in [-0.4, -0.2) is 45.5 Å². The quantitative estimate of drug-likeness (QED) is 0.329. The number of nitrogens with one attached hydrogen (secondary N) is 3. The van der Waals surface area contributed by atoms with Crippen molar-refractivity contribution in [3.63, 3.8) is 0 Å². The molecule has 0 spiro atoms. The molecule has 0 radical (unpaired) electrons. The molecule has 0 rings (SSSR count). The molecule has 0 bridgehead atoms. The first kappa shape index (κ1) is 14.9. The zero-order valence-corrected chi connectivity index (χ0v) is 10.8. The summed E-state index contributed by atoms with van der Waals surface area (Å²) in [7, 11) is 5.39. The number of hydrogen-bond acceptors (Lipinski definition) is 3. The molecule has 0 aliphatic heterocycles. The van der Waals surface area contributed by atoms with Crippen molar-refractivity contribution >= 4 is 11.7 Å². The van der Waals surface area contributed by atoms with Crippen molar-refractivity contribution in [1.82, 2.24) is 16.0 Å². The Bertz CT molecular complexity index is 228. The fourth-order valence-electron chi connectivity index (χ4n) is 1.50. The van der Waals surface area contributed by atoms with E-state index in [4.69, 9.17) is 0 Å². The third-order valence-corrected chi connectivity index (χ3v) is 2.51. The van der Waals surface area contributed by atoms with E-state index < -0.39 is 0 Å². The smallest absolute Gasteiger partial charge is 0.190 e. The number of hydrogen-bond donors (Lipinski definition) is 3. The van der Waals surface area contributed by atoms with Crippen LogP contribution in [0.2, 0.25) is 0 Å². The van der Waals surface area contributed by atoms with Gasteiger partial charge in [0.25, 0.3) is 0 Å². The van der Waals surface area contributed by atoms with Gasteiger partial charge in [0, 0.05) is 27.1 Å². The number of likely N-dealkylation sites (N-methyl/N-ethyl adjacent to an activating group) is 1. The molecule has 0 aromatic heterocycles. The number of ketones is 1. The first-order valence-electron chi connectivity index (χ1n) is 5.77. The molecule has 16 heavy (non-hydrogen) atoms. The zero-order chi connectivity index (χ0) is 12.4. The lowest BCUT2D eigenvalue weighted by Gasteiger charge is -2.14. The van der Waals surface area contributed by atoms with Crippen molar-refractivity contribution in [2.45, 2.75) is 32.2 Å². The molecule has 0 aromatic rings. The monoisotopic (exact) mass is 228 g/mol. The molecule has 0 fully saturated rings. The highest BCUT2D eigenvalue weighted by molar-refractivity contribution is 5.83. The number of aliphatic imine (C=N–C) groups is 1. The van der Waals surface area contributed by atoms with Gasteiger partial charge in [-0.1, -0.05) is 6.92 Å². The Hall–Kier alpha value is -1.10. The molecule has 0 saturated carbocycles. The van der Waals surface area contributed by atoms with Gasteiger partial charge in [-0.15, -0.1) is 0 Å². The van der Waals surface area contributed by atoms with Crippen LogP contribution < -0.4 is 16.0 Å². The van der Waals surface area contributed by atoms with E-state index in [1.807, 2.05) is 21.0 Å². The molecular formula is C11H24N4O. The molecular weight excluding hydrogens is 204 g/mol. The highest BCUT2D eigenvalue weighted by atomic mass is 16.1. The van der Waals surface area contributed by atoms with Crippen molar-refractivity contribution in [3.05, 3.63) is 0 Å². The summed E-state index contributed by atoms with van der Waals surface area (Å²) in [6.45, 7) is 2.72. The van der Waals surface area contributed by atoms with Gasteiger partial charge in [0.2, 0.25) is 0 Å². The predicted octanol–water partition coefficient (Wildman–Crippen LogP) is 0.129. The van der Waals surface area contributed by atoms with E-state index in [0.717, 1.165) is 25.3 Å². The molecule has 0 aliphatic carbocycles. The van der Waals surface area contributed by atoms with Crippen LogP contribution >= 0.6 is 0 Å². The summed E-state index contributed by atoms with van der Waals surface area (Å²) in [5.74, 6) is 1.06. The maximum Gasteiger partial charge on any atom is 0.190 e. The van der Waals surface area contributed by atoms with Crippen LogP contribution in [-0.2, 0) is 4.79 Å². The van der Waals surface area contributed by atoms with Crippen molar-refractivity contribution in [1.29, 1.82) is 0 Å². The fourth-order valence-corrected chi connectivity index (χ4v) is 1.50. The minimum Gasteiger partial charge on any atom is -0.359 e. The van der Waals surface area contributed by atoms with E-state index in [0.29, 0.717) is 6.42 Å². The van der Waals surface area contributed by atoms with Gasteiger partial charge in [-0.2, -0.15) is 0 Å². The van der Waals surface area contributed by atoms with Crippen LogP contribution in [0.25, 0.3) is 0 Å². The van der Waals surface area contributed by atoms with Crippen LogP contribution in [0.15, 0.2) is 4.99 Å². The number of Topliss-reactive ketones (excluding diaryl/α,β-unsaturated/α-hetero) is 1. The first-order valence-corrected chi connectivity index (χ1v) is 5.77. The summed E-state index contributed by atoms with van der Waals surface area (Å²) < 4.78 is 0. The molecule has 5 heteroatoms. The number of carbonyl (C=O) groups excluding carboxylic acids is 1. The summed E-state index contributed by atoms with van der Waals surface area (Å²) in [6, 6.07) is -0.0107. The van der Waals surface area contributed by atoms with Crippen LogP contribution in [0.3, 0.4) is 0 Å². The van der Waals surface area contributed by atoms with Gasteiger partial charge in [-0.3, -0.25) is 9.79 Å². The fraction of sp³-hybridized carbons (Fsp3) is 0.818. The first-order chi connectivity index (χ1) is 7.69. The van der Waals surface area contributed by atoms with E-state index in [1.54, 1.807) is 7.05 Å². The Morgan fingerprint density at radius 2 is 2.06 bits per heavy atom. The lowest BCUT2D eigenvalue weighted by Crippen LogP contribution is -2.37. The zero-order valence-electron chi connectivity index (χ0n) is 10.8. The normalized spacial score (nSPS) is 13.4. The molecule has 0 heterocycles. The average Bonchev–Trinajstić information content (AvgIpc) is 2.33. The molecule has 0 saturated heterocycles. The van der Waals surface area contributed by atoms with Crippen molar-refractivity contribution in [2.24, 2.45) is 4.99 Å². The van der Waals surface area contributed by atoms with Crippen molar-refractivity contribution in [2.75, 3.05) is 27.7 Å². The van der Waals surface area contributed by atoms with Gasteiger partial charge in [-0.25, -0.2) is 0 Å². The third-order valence-electron chi connectivity index (χ3n) is 2.51. The summed E-state index contributed by atoms with van der Waals surface area (Å²) in [4.78, 5) is 15.5. The Labute approximate surface area is 98.1 Å². The van der Waals surface area contributed by atoms with Gasteiger partial charge >= 0.3 is 0 Å². The molecule has 1 atom stereocenters. The van der Waals surface area contributed by atoms with Crippen molar-refractivity contribution in [3.8, 4) is 0 Å². The molecule has 0 amide bonds. The second-order valence-electron chi connectivity index (χ2n) is 3.55. The SMILES string of the molecule is CCC(=O)C(CCCNC(=NC)NC)NC. The second-order valence-corrected chi connectivity index (χ2v) is 3.55. The van der Waals surface area contributed by atoms with Crippen LogP contribution in [0.4, 0.5) is 0 Å². The lowest BCUT2D eigenvalue weighted by atomic mass is 10.1. The van der Waals surface area contributed by atoms with E-state index in [2.05, 4.69) is 20.9 Å². The van der Waals surface area contributed by atoms with E-state index in [9.17, 15) is 4.79 Å². The summed E-state index contributed by atoms with van der Waals surface area (Å²) in [6.07, 6.45) is 2.39. The molecule has 3 N–H and O–H groups in total. The van der Waals surface area contributed by atoms with Gasteiger partial charge in [0.15, 0.2) is 5.96 Å². The van der Waals surface area contributed by atoms with Gasteiger partial charge in [0.1, 0.15) is 5.78 Å². The van der Waals surface area contributed by atoms with Gasteiger partial charge in [-0.05, 0) is 19.9 Å². The molecule has 1 unspecified atom stereocenters. The van der Waals surface area contributed by atoms with Gasteiger partial charge in [0.05, 0.1) is 6.04 Å².